The Labute approximate surface area is 161 Å². The Hall–Kier alpha value is -2.80. The van der Waals surface area contributed by atoms with Crippen molar-refractivity contribution in [3.63, 3.8) is 0 Å². The van der Waals surface area contributed by atoms with E-state index in [-0.39, 0.29) is 11.7 Å². The lowest BCUT2D eigenvalue weighted by molar-refractivity contribution is -0.130. The monoisotopic (exact) mass is 382 g/mol. The maximum atomic E-state index is 13.1. The van der Waals surface area contributed by atoms with Gasteiger partial charge in [-0.05, 0) is 36.4 Å². The number of rotatable bonds is 4. The van der Waals surface area contributed by atoms with Crippen molar-refractivity contribution in [2.75, 3.05) is 31.1 Å². The Balaban J connectivity index is 1.33. The first-order chi connectivity index (χ1) is 13.2. The third-order valence-electron chi connectivity index (χ3n) is 4.62. The highest BCUT2D eigenvalue weighted by atomic mass is 32.1. The molecule has 0 atom stereocenters. The van der Waals surface area contributed by atoms with Gasteiger partial charge in [-0.3, -0.25) is 9.78 Å². The largest absolute Gasteiger partial charge is 0.368 e. The van der Waals surface area contributed by atoms with Crippen molar-refractivity contribution in [2.24, 2.45) is 0 Å². The van der Waals surface area contributed by atoms with Crippen LogP contribution in [-0.2, 0) is 11.2 Å². The predicted octanol–water partition coefficient (Wildman–Crippen LogP) is 3.24. The molecule has 0 aliphatic carbocycles. The van der Waals surface area contributed by atoms with Crippen LogP contribution < -0.4 is 4.90 Å². The fraction of sp³-hybridized carbons (Fsp3) is 0.250. The molecule has 4 rings (SSSR count). The molecule has 0 saturated carbocycles. The topological polar surface area (TPSA) is 49.3 Å². The van der Waals surface area contributed by atoms with Gasteiger partial charge in [0.15, 0.2) is 0 Å². The molecule has 2 aromatic heterocycles. The van der Waals surface area contributed by atoms with Gasteiger partial charge in [-0.2, -0.15) is 0 Å². The van der Waals surface area contributed by atoms with Crippen LogP contribution in [0.4, 0.5) is 10.1 Å². The summed E-state index contributed by atoms with van der Waals surface area (Å²) in [6.07, 6.45) is 3.82. The van der Waals surface area contributed by atoms with Crippen molar-refractivity contribution in [3.8, 4) is 10.6 Å². The lowest BCUT2D eigenvalue weighted by atomic mass is 10.2. The molecule has 1 fully saturated rings. The van der Waals surface area contributed by atoms with Gasteiger partial charge < -0.3 is 9.80 Å². The second-order valence-corrected chi connectivity index (χ2v) is 7.26. The van der Waals surface area contributed by atoms with E-state index in [0.29, 0.717) is 19.5 Å². The van der Waals surface area contributed by atoms with E-state index in [1.165, 1.54) is 23.5 Å². The smallest absolute Gasteiger partial charge is 0.228 e. The summed E-state index contributed by atoms with van der Waals surface area (Å²) < 4.78 is 13.1. The summed E-state index contributed by atoms with van der Waals surface area (Å²) in [7, 11) is 0. The van der Waals surface area contributed by atoms with Gasteiger partial charge in [0.2, 0.25) is 5.91 Å². The summed E-state index contributed by atoms with van der Waals surface area (Å²) in [6, 6.07) is 10.3. The number of nitrogens with zero attached hydrogens (tertiary/aromatic N) is 4. The zero-order valence-electron chi connectivity index (χ0n) is 14.7. The molecule has 0 radical (unpaired) electrons. The molecule has 1 amide bonds. The number of pyridine rings is 1. The van der Waals surface area contributed by atoms with Crippen LogP contribution in [-0.4, -0.2) is 47.0 Å². The maximum Gasteiger partial charge on any atom is 0.228 e. The van der Waals surface area contributed by atoms with E-state index in [2.05, 4.69) is 14.9 Å². The van der Waals surface area contributed by atoms with Crippen molar-refractivity contribution >= 4 is 22.9 Å². The van der Waals surface area contributed by atoms with E-state index >= 15 is 0 Å². The average molecular weight is 382 g/mol. The minimum Gasteiger partial charge on any atom is -0.368 e. The molecule has 138 valence electrons. The fourth-order valence-electron chi connectivity index (χ4n) is 3.14. The van der Waals surface area contributed by atoms with Gasteiger partial charge in [-0.15, -0.1) is 11.3 Å². The number of hydrogen-bond acceptors (Lipinski definition) is 5. The summed E-state index contributed by atoms with van der Waals surface area (Å²) in [5.74, 6) is -0.140. The van der Waals surface area contributed by atoms with E-state index in [1.54, 1.807) is 24.5 Å². The molecule has 27 heavy (non-hydrogen) atoms. The summed E-state index contributed by atoms with van der Waals surface area (Å²) in [6.45, 7) is 2.82. The predicted molar refractivity (Wildman–Crippen MR) is 104 cm³/mol. The zero-order chi connectivity index (χ0) is 18.6. The number of piperazine rings is 1. The second-order valence-electron chi connectivity index (χ2n) is 6.41. The first-order valence-electron chi connectivity index (χ1n) is 8.82. The van der Waals surface area contributed by atoms with Gasteiger partial charge in [-0.25, -0.2) is 9.37 Å². The fourth-order valence-corrected chi connectivity index (χ4v) is 3.95. The number of amides is 1. The zero-order valence-corrected chi connectivity index (χ0v) is 15.5. The molecule has 3 heterocycles. The molecule has 0 spiro atoms. The van der Waals surface area contributed by atoms with Crippen LogP contribution in [0, 0.1) is 5.82 Å². The number of hydrogen-bond donors (Lipinski definition) is 0. The molecular formula is C20H19FN4OS. The van der Waals surface area contributed by atoms with E-state index in [1.807, 2.05) is 22.4 Å². The number of halogens is 1. The highest BCUT2D eigenvalue weighted by Crippen LogP contribution is 2.23. The van der Waals surface area contributed by atoms with Crippen LogP contribution in [0.15, 0.2) is 54.2 Å². The van der Waals surface area contributed by atoms with Crippen LogP contribution in [0.2, 0.25) is 0 Å². The minimum absolute atomic E-state index is 0.0943. The van der Waals surface area contributed by atoms with Gasteiger partial charge in [0.05, 0.1) is 12.1 Å². The summed E-state index contributed by atoms with van der Waals surface area (Å²) in [5.41, 5.74) is 2.75. The lowest BCUT2D eigenvalue weighted by Gasteiger charge is -2.36. The van der Waals surface area contributed by atoms with E-state index in [9.17, 15) is 9.18 Å². The summed E-state index contributed by atoms with van der Waals surface area (Å²) in [4.78, 5) is 25.3. The molecule has 0 bridgehead atoms. The molecule has 1 aliphatic rings. The highest BCUT2D eigenvalue weighted by Gasteiger charge is 2.22. The molecule has 0 unspecified atom stereocenters. The quantitative estimate of drug-likeness (QED) is 0.695. The minimum atomic E-state index is -0.235. The molecule has 3 aromatic rings. The van der Waals surface area contributed by atoms with Crippen LogP contribution in [0.5, 0.6) is 0 Å². The standard InChI is InChI=1S/C20H19FN4OS/c21-16-3-5-18(6-4-16)24-8-10-25(11-9-24)19(26)12-17-14-27-20(23-17)15-2-1-7-22-13-15/h1-7,13-14H,8-12H2. The van der Waals surface area contributed by atoms with Crippen molar-refractivity contribution in [1.82, 2.24) is 14.9 Å². The Morgan fingerprint density at radius 1 is 1.11 bits per heavy atom. The third-order valence-corrected chi connectivity index (χ3v) is 5.56. The van der Waals surface area contributed by atoms with Crippen molar-refractivity contribution in [3.05, 3.63) is 65.7 Å². The second kappa shape index (κ2) is 7.84. The first kappa shape index (κ1) is 17.6. The summed E-state index contributed by atoms with van der Waals surface area (Å²) >= 11 is 1.53. The molecule has 5 nitrogen and oxygen atoms in total. The van der Waals surface area contributed by atoms with Crippen LogP contribution in [0.1, 0.15) is 5.69 Å². The molecular weight excluding hydrogens is 363 g/mol. The SMILES string of the molecule is O=C(Cc1csc(-c2cccnc2)n1)N1CCN(c2ccc(F)cc2)CC1. The number of carbonyl (C=O) groups is 1. The summed E-state index contributed by atoms with van der Waals surface area (Å²) in [5, 5.41) is 2.82. The van der Waals surface area contributed by atoms with Gasteiger partial charge >= 0.3 is 0 Å². The Morgan fingerprint density at radius 2 is 1.89 bits per heavy atom. The first-order valence-corrected chi connectivity index (χ1v) is 9.70. The molecule has 1 aromatic carbocycles. The van der Waals surface area contributed by atoms with Crippen molar-refractivity contribution in [1.29, 1.82) is 0 Å². The molecule has 1 aliphatic heterocycles. The van der Waals surface area contributed by atoms with Crippen LogP contribution >= 0.6 is 11.3 Å². The van der Waals surface area contributed by atoms with E-state index in [4.69, 9.17) is 0 Å². The number of carbonyl (C=O) groups excluding carboxylic acids is 1. The Kier molecular flexibility index (Phi) is 5.11. The number of benzene rings is 1. The van der Waals surface area contributed by atoms with E-state index in [0.717, 1.165) is 35.0 Å². The van der Waals surface area contributed by atoms with Gasteiger partial charge in [-0.1, -0.05) is 0 Å². The molecule has 1 saturated heterocycles. The maximum absolute atomic E-state index is 13.1. The van der Waals surface area contributed by atoms with Gasteiger partial charge in [0.25, 0.3) is 0 Å². The lowest BCUT2D eigenvalue weighted by Crippen LogP contribution is -2.49. The van der Waals surface area contributed by atoms with Crippen LogP contribution in [0.3, 0.4) is 0 Å². The number of anilines is 1. The Bertz CT molecular complexity index is 905. The molecule has 7 heteroatoms. The Morgan fingerprint density at radius 3 is 2.59 bits per heavy atom. The van der Waals surface area contributed by atoms with Crippen molar-refractivity contribution < 1.29 is 9.18 Å². The van der Waals surface area contributed by atoms with Gasteiger partial charge in [0, 0.05) is 55.2 Å². The number of thiazole rings is 1. The molecule has 0 N–H and O–H groups in total. The number of aromatic nitrogens is 2. The van der Waals surface area contributed by atoms with Crippen LogP contribution in [0.25, 0.3) is 10.6 Å². The van der Waals surface area contributed by atoms with Crippen molar-refractivity contribution in [2.45, 2.75) is 6.42 Å². The third kappa shape index (κ3) is 4.14. The van der Waals surface area contributed by atoms with Gasteiger partial charge in [0.1, 0.15) is 10.8 Å². The highest BCUT2D eigenvalue weighted by molar-refractivity contribution is 7.13. The van der Waals surface area contributed by atoms with E-state index < -0.39 is 0 Å². The normalized spacial score (nSPS) is 14.4. The average Bonchev–Trinajstić information content (AvgIpc) is 3.18.